The van der Waals surface area contributed by atoms with Crippen molar-refractivity contribution in [1.82, 2.24) is 0 Å². The molecule has 0 heterocycles. The molecule has 0 aliphatic heterocycles. The first-order valence-electron chi connectivity index (χ1n) is 12.4. The lowest BCUT2D eigenvalue weighted by atomic mass is 10.0. The van der Waals surface area contributed by atoms with Crippen LogP contribution >= 0.6 is 0 Å². The minimum Gasteiger partial charge on any atom is -0.420 e. The zero-order valence-corrected chi connectivity index (χ0v) is 22.5. The van der Waals surface area contributed by atoms with Crippen molar-refractivity contribution in [2.75, 3.05) is 14.2 Å². The third kappa shape index (κ3) is 19.7. The van der Waals surface area contributed by atoms with Crippen molar-refractivity contribution in [2.45, 2.75) is 141 Å². The Morgan fingerprint density at radius 2 is 0.536 bits per heavy atom. The highest BCUT2D eigenvalue weighted by Gasteiger charge is 2.19. The Labute approximate surface area is 180 Å². The first-order valence-corrected chi connectivity index (χ1v) is 18.7. The van der Waals surface area contributed by atoms with E-state index in [0.717, 1.165) is 0 Å². The van der Waals surface area contributed by atoms with Crippen LogP contribution in [-0.2, 0) is 8.85 Å². The van der Waals surface area contributed by atoms with Crippen LogP contribution in [0, 0.1) is 0 Å². The molecule has 0 radical (unpaired) electrons. The lowest BCUT2D eigenvalue weighted by Crippen LogP contribution is -2.27. The molecule has 0 saturated carbocycles. The van der Waals surface area contributed by atoms with Crippen LogP contribution in [0.5, 0.6) is 0 Å². The van der Waals surface area contributed by atoms with Gasteiger partial charge in [-0.15, -0.1) is 0 Å². The van der Waals surface area contributed by atoms with Crippen molar-refractivity contribution in [3.8, 4) is 0 Å². The van der Waals surface area contributed by atoms with Crippen LogP contribution in [0.1, 0.15) is 103 Å². The van der Waals surface area contributed by atoms with Crippen LogP contribution in [0.4, 0.5) is 0 Å². The Kier molecular flexibility index (Phi) is 18.4. The molecule has 0 spiro atoms. The van der Waals surface area contributed by atoms with Gasteiger partial charge in [0.2, 0.25) is 0 Å². The second kappa shape index (κ2) is 18.1. The maximum absolute atomic E-state index is 5.62. The van der Waals surface area contributed by atoms with Crippen LogP contribution in [-0.4, -0.2) is 30.9 Å². The van der Waals surface area contributed by atoms with Crippen LogP contribution in [0.15, 0.2) is 0 Å². The molecule has 0 aliphatic carbocycles. The molecule has 0 unspecified atom stereocenters. The summed E-state index contributed by atoms with van der Waals surface area (Å²) in [7, 11) is 1.18. The average Bonchev–Trinajstić information content (AvgIpc) is 2.67. The van der Waals surface area contributed by atoms with Gasteiger partial charge in [0.1, 0.15) is 0 Å². The normalized spacial score (nSPS) is 12.6. The van der Waals surface area contributed by atoms with Gasteiger partial charge >= 0.3 is 0 Å². The number of unbranched alkanes of at least 4 members (excludes halogenated alkanes) is 15. The van der Waals surface area contributed by atoms with Crippen molar-refractivity contribution in [3.05, 3.63) is 0 Å². The predicted molar refractivity (Wildman–Crippen MR) is 132 cm³/mol. The molecule has 0 N–H and O–H groups in total. The van der Waals surface area contributed by atoms with Crippen LogP contribution in [0.25, 0.3) is 0 Å². The third-order valence-corrected chi connectivity index (χ3v) is 11.7. The standard InChI is InChI=1S/C24H54O2Si2/c1-25-27(3,4)23-21-19-17-15-13-11-9-7-8-10-12-14-16-18-20-22-24-28(5,6)26-2/h7-24H2,1-6H3. The molecule has 4 heteroatoms. The number of hydrogen-bond acceptors (Lipinski definition) is 2. The van der Waals surface area contributed by atoms with Crippen molar-refractivity contribution in [3.63, 3.8) is 0 Å². The number of rotatable bonds is 21. The summed E-state index contributed by atoms with van der Waals surface area (Å²) >= 11 is 0. The van der Waals surface area contributed by atoms with Gasteiger partial charge in [-0.25, -0.2) is 0 Å². The van der Waals surface area contributed by atoms with Crippen LogP contribution in [0.2, 0.25) is 38.3 Å². The summed E-state index contributed by atoms with van der Waals surface area (Å²) in [6, 6.07) is 2.66. The van der Waals surface area contributed by atoms with Gasteiger partial charge in [0.15, 0.2) is 16.6 Å². The highest BCUT2D eigenvalue weighted by Crippen LogP contribution is 2.18. The quantitative estimate of drug-likeness (QED) is 0.134. The summed E-state index contributed by atoms with van der Waals surface area (Å²) < 4.78 is 11.2. The van der Waals surface area contributed by atoms with Crippen molar-refractivity contribution < 1.29 is 8.85 Å². The zero-order valence-electron chi connectivity index (χ0n) is 20.5. The van der Waals surface area contributed by atoms with Gasteiger partial charge in [-0.1, -0.05) is 103 Å². The highest BCUT2D eigenvalue weighted by atomic mass is 28.4. The van der Waals surface area contributed by atoms with E-state index in [0.29, 0.717) is 0 Å². The summed E-state index contributed by atoms with van der Waals surface area (Å²) in [5.41, 5.74) is 0. The molecule has 0 saturated heterocycles. The van der Waals surface area contributed by atoms with Gasteiger partial charge in [0.25, 0.3) is 0 Å². The average molecular weight is 431 g/mol. The van der Waals surface area contributed by atoms with Gasteiger partial charge in [0, 0.05) is 14.2 Å². The van der Waals surface area contributed by atoms with Gasteiger partial charge in [-0.05, 0) is 38.3 Å². The fraction of sp³-hybridized carbons (Fsp3) is 1.00. The maximum Gasteiger partial charge on any atom is 0.186 e. The second-order valence-corrected chi connectivity index (χ2v) is 18.9. The molecule has 0 rings (SSSR count). The van der Waals surface area contributed by atoms with Gasteiger partial charge < -0.3 is 8.85 Å². The van der Waals surface area contributed by atoms with E-state index in [1.807, 2.05) is 14.2 Å². The van der Waals surface area contributed by atoms with Crippen LogP contribution < -0.4 is 0 Å². The van der Waals surface area contributed by atoms with E-state index in [2.05, 4.69) is 26.2 Å². The predicted octanol–water partition coefficient (Wildman–Crippen LogP) is 8.93. The summed E-state index contributed by atoms with van der Waals surface area (Å²) in [6.07, 6.45) is 23.0. The zero-order chi connectivity index (χ0) is 21.1. The van der Waals surface area contributed by atoms with E-state index < -0.39 is 16.6 Å². The Morgan fingerprint density at radius 3 is 0.714 bits per heavy atom. The monoisotopic (exact) mass is 430 g/mol. The fourth-order valence-electron chi connectivity index (χ4n) is 3.78. The molecule has 0 aliphatic rings. The lowest BCUT2D eigenvalue weighted by Gasteiger charge is -2.19. The molecule has 0 bridgehead atoms. The summed E-state index contributed by atoms with van der Waals surface area (Å²) in [5.74, 6) is 0. The van der Waals surface area contributed by atoms with Gasteiger partial charge in [-0.2, -0.15) is 0 Å². The summed E-state index contributed by atoms with van der Waals surface area (Å²) in [5, 5.41) is 0. The Hall–Kier alpha value is 0.354. The Morgan fingerprint density at radius 1 is 0.357 bits per heavy atom. The Balaban J connectivity index is 3.14. The van der Waals surface area contributed by atoms with E-state index in [4.69, 9.17) is 8.85 Å². The second-order valence-electron chi connectivity index (χ2n) is 10.1. The topological polar surface area (TPSA) is 18.5 Å². The van der Waals surface area contributed by atoms with Crippen LogP contribution in [0.3, 0.4) is 0 Å². The van der Waals surface area contributed by atoms with E-state index in [1.165, 1.54) is 115 Å². The molecular weight excluding hydrogens is 376 g/mol. The Bertz CT molecular complexity index is 301. The smallest absolute Gasteiger partial charge is 0.186 e. The number of hydrogen-bond donors (Lipinski definition) is 0. The molecular formula is C24H54O2Si2. The fourth-order valence-corrected chi connectivity index (χ4v) is 6.39. The minimum atomic E-state index is -1.30. The molecule has 0 aromatic heterocycles. The largest absolute Gasteiger partial charge is 0.420 e. The maximum atomic E-state index is 5.62. The third-order valence-electron chi connectivity index (χ3n) is 6.41. The van der Waals surface area contributed by atoms with E-state index in [1.54, 1.807) is 0 Å². The SMILES string of the molecule is CO[Si](C)(C)CCCCCCCCCCCCCCCCCC[Si](C)(C)OC. The van der Waals surface area contributed by atoms with Crippen molar-refractivity contribution in [1.29, 1.82) is 0 Å². The molecule has 0 aromatic carbocycles. The lowest BCUT2D eigenvalue weighted by molar-refractivity contribution is 0.400. The summed E-state index contributed by atoms with van der Waals surface area (Å²) in [4.78, 5) is 0. The van der Waals surface area contributed by atoms with Crippen molar-refractivity contribution >= 4 is 16.6 Å². The molecule has 2 nitrogen and oxygen atoms in total. The first-order chi connectivity index (χ1) is 13.3. The van der Waals surface area contributed by atoms with Gasteiger partial charge in [0.05, 0.1) is 0 Å². The molecule has 0 atom stereocenters. The van der Waals surface area contributed by atoms with E-state index in [-0.39, 0.29) is 0 Å². The molecule has 28 heavy (non-hydrogen) atoms. The molecule has 0 fully saturated rings. The van der Waals surface area contributed by atoms with Gasteiger partial charge in [-0.3, -0.25) is 0 Å². The molecule has 0 amide bonds. The van der Waals surface area contributed by atoms with Crippen molar-refractivity contribution in [2.24, 2.45) is 0 Å². The minimum absolute atomic E-state index is 1.30. The highest BCUT2D eigenvalue weighted by molar-refractivity contribution is 6.71. The van der Waals surface area contributed by atoms with E-state index >= 15 is 0 Å². The molecule has 170 valence electrons. The summed E-state index contributed by atoms with van der Waals surface area (Å²) in [6.45, 7) is 9.33. The van der Waals surface area contributed by atoms with E-state index in [9.17, 15) is 0 Å². The molecule has 0 aromatic rings. The first kappa shape index (κ1) is 28.4.